The SMILES string of the molecule is CCCNc1cncc(C(=O)NCc2cccnc2)n1. The summed E-state index contributed by atoms with van der Waals surface area (Å²) in [6.07, 6.45) is 7.45. The van der Waals surface area contributed by atoms with Gasteiger partial charge in [0.1, 0.15) is 11.5 Å². The van der Waals surface area contributed by atoms with Crippen LogP contribution < -0.4 is 10.6 Å². The van der Waals surface area contributed by atoms with E-state index in [1.165, 1.54) is 6.20 Å². The van der Waals surface area contributed by atoms with Crippen molar-refractivity contribution in [2.24, 2.45) is 0 Å². The third kappa shape index (κ3) is 4.01. The number of carbonyl (C=O) groups excluding carboxylic acids is 1. The van der Waals surface area contributed by atoms with E-state index in [0.29, 0.717) is 18.1 Å². The molecular formula is C14H17N5O. The first-order valence-corrected chi connectivity index (χ1v) is 6.52. The van der Waals surface area contributed by atoms with Crippen LogP contribution >= 0.6 is 0 Å². The molecule has 0 aliphatic rings. The summed E-state index contributed by atoms with van der Waals surface area (Å²) in [5, 5.41) is 5.89. The van der Waals surface area contributed by atoms with Gasteiger partial charge in [0.25, 0.3) is 5.91 Å². The predicted octanol–water partition coefficient (Wildman–Crippen LogP) is 1.62. The summed E-state index contributed by atoms with van der Waals surface area (Å²) in [6.45, 7) is 3.28. The maximum Gasteiger partial charge on any atom is 0.271 e. The fourth-order valence-electron chi connectivity index (χ4n) is 1.59. The first kappa shape index (κ1) is 13.9. The lowest BCUT2D eigenvalue weighted by atomic mass is 10.3. The third-order valence-electron chi connectivity index (χ3n) is 2.60. The van der Waals surface area contributed by atoms with Gasteiger partial charge in [0.05, 0.1) is 12.4 Å². The van der Waals surface area contributed by atoms with Gasteiger partial charge in [-0.25, -0.2) is 4.98 Å². The molecule has 0 saturated heterocycles. The number of rotatable bonds is 6. The molecule has 1 amide bonds. The van der Waals surface area contributed by atoms with E-state index in [2.05, 4.69) is 32.5 Å². The molecule has 104 valence electrons. The maximum absolute atomic E-state index is 12.0. The normalized spacial score (nSPS) is 10.1. The van der Waals surface area contributed by atoms with Crippen LogP contribution in [-0.2, 0) is 6.54 Å². The number of nitrogens with zero attached hydrogens (tertiary/aromatic N) is 3. The van der Waals surface area contributed by atoms with Crippen LogP contribution in [0.1, 0.15) is 29.4 Å². The Morgan fingerprint density at radius 2 is 2.15 bits per heavy atom. The molecule has 0 unspecified atom stereocenters. The van der Waals surface area contributed by atoms with Gasteiger partial charge in [-0.2, -0.15) is 0 Å². The Balaban J connectivity index is 1.95. The minimum atomic E-state index is -0.249. The van der Waals surface area contributed by atoms with Gasteiger partial charge >= 0.3 is 0 Å². The van der Waals surface area contributed by atoms with E-state index >= 15 is 0 Å². The summed E-state index contributed by atoms with van der Waals surface area (Å²) < 4.78 is 0. The number of hydrogen-bond acceptors (Lipinski definition) is 5. The van der Waals surface area contributed by atoms with Crippen LogP contribution in [0, 0.1) is 0 Å². The second kappa shape index (κ2) is 7.18. The largest absolute Gasteiger partial charge is 0.369 e. The highest BCUT2D eigenvalue weighted by atomic mass is 16.1. The van der Waals surface area contributed by atoms with Crippen molar-refractivity contribution in [1.29, 1.82) is 0 Å². The van der Waals surface area contributed by atoms with Gasteiger partial charge < -0.3 is 10.6 Å². The lowest BCUT2D eigenvalue weighted by Crippen LogP contribution is -2.24. The number of hydrogen-bond donors (Lipinski definition) is 2. The number of amides is 1. The fourth-order valence-corrected chi connectivity index (χ4v) is 1.59. The van der Waals surface area contributed by atoms with Crippen LogP contribution in [0.2, 0.25) is 0 Å². The van der Waals surface area contributed by atoms with Crippen molar-refractivity contribution in [3.63, 3.8) is 0 Å². The van der Waals surface area contributed by atoms with E-state index in [4.69, 9.17) is 0 Å². The van der Waals surface area contributed by atoms with Crippen LogP contribution in [0.4, 0.5) is 5.82 Å². The second-order valence-corrected chi connectivity index (χ2v) is 4.26. The quantitative estimate of drug-likeness (QED) is 0.834. The lowest BCUT2D eigenvalue weighted by molar-refractivity contribution is 0.0945. The Hall–Kier alpha value is -2.50. The molecule has 0 radical (unpaired) electrons. The van der Waals surface area contributed by atoms with Gasteiger partial charge in [-0.05, 0) is 18.1 Å². The van der Waals surface area contributed by atoms with Crippen LogP contribution in [-0.4, -0.2) is 27.4 Å². The van der Waals surface area contributed by atoms with E-state index < -0.39 is 0 Å². The Bertz CT molecular complexity index is 559. The molecule has 20 heavy (non-hydrogen) atoms. The van der Waals surface area contributed by atoms with Gasteiger partial charge in [0.2, 0.25) is 0 Å². The highest BCUT2D eigenvalue weighted by Gasteiger charge is 2.08. The first-order valence-electron chi connectivity index (χ1n) is 6.52. The highest BCUT2D eigenvalue weighted by molar-refractivity contribution is 5.92. The van der Waals surface area contributed by atoms with Crippen molar-refractivity contribution in [3.8, 4) is 0 Å². The zero-order valence-corrected chi connectivity index (χ0v) is 11.3. The van der Waals surface area contributed by atoms with Gasteiger partial charge in [-0.15, -0.1) is 0 Å². The molecule has 0 atom stereocenters. The van der Waals surface area contributed by atoms with Crippen LogP contribution in [0.3, 0.4) is 0 Å². The van der Waals surface area contributed by atoms with E-state index in [-0.39, 0.29) is 5.91 Å². The standard InChI is InChI=1S/C14H17N5O/c1-2-5-17-13-10-16-9-12(19-13)14(20)18-8-11-4-3-6-15-7-11/h3-4,6-7,9-10H,2,5,8H2,1H3,(H,17,19)(H,18,20). The van der Waals surface area contributed by atoms with Crippen molar-refractivity contribution >= 4 is 11.7 Å². The minimum Gasteiger partial charge on any atom is -0.369 e. The van der Waals surface area contributed by atoms with E-state index in [0.717, 1.165) is 18.5 Å². The van der Waals surface area contributed by atoms with Crippen LogP contribution in [0.5, 0.6) is 0 Å². The van der Waals surface area contributed by atoms with E-state index in [1.807, 2.05) is 12.1 Å². The van der Waals surface area contributed by atoms with Crippen molar-refractivity contribution < 1.29 is 4.79 Å². The van der Waals surface area contributed by atoms with Crippen molar-refractivity contribution in [1.82, 2.24) is 20.3 Å². The van der Waals surface area contributed by atoms with Gasteiger partial charge in [0, 0.05) is 25.5 Å². The molecule has 0 bridgehead atoms. The van der Waals surface area contributed by atoms with Gasteiger partial charge in [0.15, 0.2) is 0 Å². The minimum absolute atomic E-state index is 0.249. The van der Waals surface area contributed by atoms with Crippen molar-refractivity contribution in [2.45, 2.75) is 19.9 Å². The number of aromatic nitrogens is 3. The van der Waals surface area contributed by atoms with Crippen molar-refractivity contribution in [3.05, 3.63) is 48.2 Å². The molecule has 0 saturated carbocycles. The monoisotopic (exact) mass is 271 g/mol. The Morgan fingerprint density at radius 3 is 2.90 bits per heavy atom. The maximum atomic E-state index is 12.0. The number of anilines is 1. The number of carbonyl (C=O) groups is 1. The molecule has 2 aromatic rings. The predicted molar refractivity (Wildman–Crippen MR) is 76.2 cm³/mol. The number of pyridine rings is 1. The summed E-state index contributed by atoms with van der Waals surface area (Å²) in [5.74, 6) is 0.363. The second-order valence-electron chi connectivity index (χ2n) is 4.26. The van der Waals surface area contributed by atoms with E-state index in [9.17, 15) is 4.79 Å². The van der Waals surface area contributed by atoms with E-state index in [1.54, 1.807) is 18.6 Å². The molecule has 2 aromatic heterocycles. The molecule has 2 heterocycles. The van der Waals surface area contributed by atoms with Gasteiger partial charge in [-0.1, -0.05) is 13.0 Å². The zero-order valence-electron chi connectivity index (χ0n) is 11.3. The fraction of sp³-hybridized carbons (Fsp3) is 0.286. The average molecular weight is 271 g/mol. The topological polar surface area (TPSA) is 79.8 Å². The van der Waals surface area contributed by atoms with Crippen LogP contribution in [0.25, 0.3) is 0 Å². The highest BCUT2D eigenvalue weighted by Crippen LogP contribution is 2.03. The molecule has 6 nitrogen and oxygen atoms in total. The summed E-state index contributed by atoms with van der Waals surface area (Å²) in [5.41, 5.74) is 1.24. The Kier molecular flexibility index (Phi) is 5.00. The Labute approximate surface area is 117 Å². The molecule has 0 fully saturated rings. The first-order chi connectivity index (χ1) is 9.79. The molecule has 6 heteroatoms. The zero-order chi connectivity index (χ0) is 14.2. The number of nitrogens with one attached hydrogen (secondary N) is 2. The molecule has 0 aliphatic carbocycles. The molecule has 2 rings (SSSR count). The van der Waals surface area contributed by atoms with Crippen LogP contribution in [0.15, 0.2) is 36.9 Å². The summed E-state index contributed by atoms with van der Waals surface area (Å²) in [7, 11) is 0. The average Bonchev–Trinajstić information content (AvgIpc) is 2.52. The summed E-state index contributed by atoms with van der Waals surface area (Å²) >= 11 is 0. The van der Waals surface area contributed by atoms with Gasteiger partial charge in [-0.3, -0.25) is 14.8 Å². The van der Waals surface area contributed by atoms with Crippen molar-refractivity contribution in [2.75, 3.05) is 11.9 Å². The molecular weight excluding hydrogens is 254 g/mol. The molecule has 0 aliphatic heterocycles. The smallest absolute Gasteiger partial charge is 0.271 e. The third-order valence-corrected chi connectivity index (χ3v) is 2.60. The Morgan fingerprint density at radius 1 is 1.25 bits per heavy atom. The molecule has 2 N–H and O–H groups in total. The summed E-state index contributed by atoms with van der Waals surface area (Å²) in [4.78, 5) is 24.2. The lowest BCUT2D eigenvalue weighted by Gasteiger charge is -2.06. The molecule has 0 spiro atoms. The molecule has 0 aromatic carbocycles. The summed E-state index contributed by atoms with van der Waals surface area (Å²) in [6, 6.07) is 3.73.